The largest absolute Gasteiger partial charge is 0.508 e. The molecule has 0 aliphatic carbocycles. The van der Waals surface area contributed by atoms with Crippen molar-refractivity contribution in [1.29, 1.82) is 0 Å². The monoisotopic (exact) mass is 277 g/mol. The Morgan fingerprint density at radius 3 is 2.40 bits per heavy atom. The molecule has 0 aromatic heterocycles. The third-order valence-electron chi connectivity index (χ3n) is 3.72. The van der Waals surface area contributed by atoms with Gasteiger partial charge < -0.3 is 20.6 Å². The number of benzene rings is 1. The van der Waals surface area contributed by atoms with Gasteiger partial charge in [-0.05, 0) is 30.7 Å². The predicted molar refractivity (Wildman–Crippen MR) is 79.8 cm³/mol. The van der Waals surface area contributed by atoms with Gasteiger partial charge in [-0.2, -0.15) is 0 Å². The van der Waals surface area contributed by atoms with E-state index in [0.29, 0.717) is 13.1 Å². The van der Waals surface area contributed by atoms with Crippen LogP contribution in [0.2, 0.25) is 0 Å². The van der Waals surface area contributed by atoms with Gasteiger partial charge in [-0.25, -0.2) is 0 Å². The minimum Gasteiger partial charge on any atom is -0.508 e. The van der Waals surface area contributed by atoms with E-state index in [0.717, 1.165) is 31.6 Å². The Balaban J connectivity index is 1.89. The summed E-state index contributed by atoms with van der Waals surface area (Å²) in [7, 11) is 0. The van der Waals surface area contributed by atoms with E-state index in [9.17, 15) is 9.90 Å². The summed E-state index contributed by atoms with van der Waals surface area (Å²) < 4.78 is 0. The van der Waals surface area contributed by atoms with Crippen LogP contribution in [0.5, 0.6) is 5.75 Å². The molecule has 1 aliphatic heterocycles. The molecule has 1 atom stereocenters. The summed E-state index contributed by atoms with van der Waals surface area (Å²) in [4.78, 5) is 16.2. The smallest absolute Gasteiger partial charge is 0.239 e. The zero-order chi connectivity index (χ0) is 14.5. The Bertz CT molecular complexity index is 439. The molecule has 1 aromatic carbocycles. The van der Waals surface area contributed by atoms with E-state index in [2.05, 4.69) is 4.90 Å². The number of phenolic OH excluding ortho intramolecular Hbond substituents is 1. The normalized spacial score (nSPS) is 17.1. The molecule has 1 fully saturated rings. The Kier molecular flexibility index (Phi) is 4.84. The lowest BCUT2D eigenvalue weighted by molar-refractivity contribution is -0.133. The van der Waals surface area contributed by atoms with Gasteiger partial charge in [0.1, 0.15) is 5.75 Å². The molecule has 2 rings (SSSR count). The number of hydrogen-bond donors (Lipinski definition) is 2. The molecule has 1 aliphatic rings. The summed E-state index contributed by atoms with van der Waals surface area (Å²) in [5.41, 5.74) is 6.97. The molecule has 0 spiro atoms. The number of nitrogens with two attached hydrogens (primary N) is 1. The van der Waals surface area contributed by atoms with E-state index < -0.39 is 0 Å². The fourth-order valence-corrected chi connectivity index (χ4v) is 2.52. The van der Waals surface area contributed by atoms with Crippen LogP contribution < -0.4 is 10.6 Å². The molecule has 0 bridgehead atoms. The zero-order valence-electron chi connectivity index (χ0n) is 12.0. The van der Waals surface area contributed by atoms with Gasteiger partial charge in [-0.3, -0.25) is 4.79 Å². The van der Waals surface area contributed by atoms with Crippen molar-refractivity contribution in [2.75, 3.05) is 31.1 Å². The van der Waals surface area contributed by atoms with Crippen molar-refractivity contribution in [3.8, 4) is 5.75 Å². The molecule has 110 valence electrons. The second kappa shape index (κ2) is 6.61. The fraction of sp³-hybridized carbons (Fsp3) is 0.533. The zero-order valence-corrected chi connectivity index (χ0v) is 12.0. The van der Waals surface area contributed by atoms with Crippen LogP contribution in [-0.4, -0.2) is 48.1 Å². The molecular formula is C15H23N3O2. The predicted octanol–water partition coefficient (Wildman–Crippen LogP) is 1.17. The van der Waals surface area contributed by atoms with Crippen LogP contribution in [0.3, 0.4) is 0 Å². The van der Waals surface area contributed by atoms with E-state index in [4.69, 9.17) is 5.73 Å². The number of phenols is 1. The van der Waals surface area contributed by atoms with Crippen molar-refractivity contribution in [2.24, 2.45) is 5.73 Å². The van der Waals surface area contributed by atoms with Gasteiger partial charge >= 0.3 is 0 Å². The maximum Gasteiger partial charge on any atom is 0.239 e. The van der Waals surface area contributed by atoms with Gasteiger partial charge in [0.05, 0.1) is 6.04 Å². The lowest BCUT2D eigenvalue weighted by atomic mass is 10.1. The highest BCUT2D eigenvalue weighted by Gasteiger charge is 2.24. The first-order chi connectivity index (χ1) is 9.61. The summed E-state index contributed by atoms with van der Waals surface area (Å²) >= 11 is 0. The van der Waals surface area contributed by atoms with Crippen LogP contribution in [0.15, 0.2) is 24.3 Å². The number of carbonyl (C=O) groups is 1. The number of aromatic hydroxyl groups is 1. The number of nitrogens with zero attached hydrogens (tertiary/aromatic N) is 2. The number of rotatable bonds is 4. The van der Waals surface area contributed by atoms with Crippen LogP contribution in [0.4, 0.5) is 5.69 Å². The quantitative estimate of drug-likeness (QED) is 0.866. The molecule has 20 heavy (non-hydrogen) atoms. The van der Waals surface area contributed by atoms with Gasteiger partial charge in [0.25, 0.3) is 0 Å². The van der Waals surface area contributed by atoms with Crippen molar-refractivity contribution in [3.05, 3.63) is 24.3 Å². The van der Waals surface area contributed by atoms with Crippen LogP contribution in [0.1, 0.15) is 19.8 Å². The summed E-state index contributed by atoms with van der Waals surface area (Å²) in [6.45, 7) is 5.05. The molecule has 3 N–H and O–H groups in total. The Labute approximate surface area is 120 Å². The molecule has 5 heteroatoms. The first-order valence-electron chi connectivity index (χ1n) is 7.20. The van der Waals surface area contributed by atoms with E-state index in [1.807, 2.05) is 24.0 Å². The summed E-state index contributed by atoms with van der Waals surface area (Å²) in [5, 5.41) is 9.30. The van der Waals surface area contributed by atoms with Crippen molar-refractivity contribution >= 4 is 11.6 Å². The Hall–Kier alpha value is -1.75. The van der Waals surface area contributed by atoms with E-state index in [-0.39, 0.29) is 17.7 Å². The highest BCUT2D eigenvalue weighted by atomic mass is 16.3. The second-order valence-electron chi connectivity index (χ2n) is 5.22. The first kappa shape index (κ1) is 14.7. The third kappa shape index (κ3) is 3.42. The fourth-order valence-electron chi connectivity index (χ4n) is 2.52. The average molecular weight is 277 g/mol. The van der Waals surface area contributed by atoms with Gasteiger partial charge in [0.2, 0.25) is 5.91 Å². The van der Waals surface area contributed by atoms with Gasteiger partial charge in [-0.1, -0.05) is 13.3 Å². The van der Waals surface area contributed by atoms with Crippen molar-refractivity contribution in [2.45, 2.75) is 25.8 Å². The standard InChI is InChI=1S/C15H23N3O2/c1-2-3-14(16)15(20)18-10-8-17(9-11-18)12-4-6-13(19)7-5-12/h4-7,14,19H,2-3,8-11,16H2,1H3. The lowest BCUT2D eigenvalue weighted by Gasteiger charge is -2.37. The number of piperazine rings is 1. The highest BCUT2D eigenvalue weighted by molar-refractivity contribution is 5.81. The van der Waals surface area contributed by atoms with Crippen LogP contribution >= 0.6 is 0 Å². The Morgan fingerprint density at radius 1 is 1.25 bits per heavy atom. The van der Waals surface area contributed by atoms with Crippen LogP contribution in [0.25, 0.3) is 0 Å². The number of hydrogen-bond acceptors (Lipinski definition) is 4. The van der Waals surface area contributed by atoms with E-state index in [1.54, 1.807) is 12.1 Å². The van der Waals surface area contributed by atoms with Crippen LogP contribution in [0, 0.1) is 0 Å². The van der Waals surface area contributed by atoms with Gasteiger partial charge in [0.15, 0.2) is 0 Å². The molecule has 1 heterocycles. The molecule has 1 unspecified atom stereocenters. The molecule has 1 saturated heterocycles. The minimum absolute atomic E-state index is 0.0669. The second-order valence-corrected chi connectivity index (χ2v) is 5.22. The molecule has 0 saturated carbocycles. The van der Waals surface area contributed by atoms with Crippen LogP contribution in [-0.2, 0) is 4.79 Å². The van der Waals surface area contributed by atoms with E-state index in [1.165, 1.54) is 0 Å². The third-order valence-corrected chi connectivity index (χ3v) is 3.72. The van der Waals surface area contributed by atoms with Crippen molar-refractivity contribution < 1.29 is 9.90 Å². The highest BCUT2D eigenvalue weighted by Crippen LogP contribution is 2.20. The lowest BCUT2D eigenvalue weighted by Crippen LogP contribution is -2.53. The first-order valence-corrected chi connectivity index (χ1v) is 7.20. The van der Waals surface area contributed by atoms with E-state index >= 15 is 0 Å². The molecule has 5 nitrogen and oxygen atoms in total. The topological polar surface area (TPSA) is 69.8 Å². The van der Waals surface area contributed by atoms with Crippen molar-refractivity contribution in [1.82, 2.24) is 4.90 Å². The summed E-state index contributed by atoms with van der Waals surface area (Å²) in [6.07, 6.45) is 1.68. The number of anilines is 1. The number of carbonyl (C=O) groups excluding carboxylic acids is 1. The summed E-state index contributed by atoms with van der Waals surface area (Å²) in [5.74, 6) is 0.338. The van der Waals surface area contributed by atoms with Gasteiger partial charge in [-0.15, -0.1) is 0 Å². The molecular weight excluding hydrogens is 254 g/mol. The number of amides is 1. The molecule has 0 radical (unpaired) electrons. The SMILES string of the molecule is CCCC(N)C(=O)N1CCN(c2ccc(O)cc2)CC1. The summed E-state index contributed by atoms with van der Waals surface area (Å²) in [6, 6.07) is 6.81. The maximum atomic E-state index is 12.1. The average Bonchev–Trinajstić information content (AvgIpc) is 2.48. The van der Waals surface area contributed by atoms with Gasteiger partial charge in [0, 0.05) is 31.9 Å². The molecule has 1 aromatic rings. The minimum atomic E-state index is -0.361. The Morgan fingerprint density at radius 2 is 1.85 bits per heavy atom. The van der Waals surface area contributed by atoms with Crippen molar-refractivity contribution in [3.63, 3.8) is 0 Å². The maximum absolute atomic E-state index is 12.1. The molecule has 1 amide bonds.